The van der Waals surface area contributed by atoms with Gasteiger partial charge in [-0.05, 0) is 5.56 Å². The predicted octanol–water partition coefficient (Wildman–Crippen LogP) is 0.918. The Morgan fingerprint density at radius 1 is 1.33 bits per heavy atom. The predicted molar refractivity (Wildman–Crippen MR) is 62.6 cm³/mol. The van der Waals surface area contributed by atoms with E-state index >= 15 is 0 Å². The Labute approximate surface area is 93.4 Å². The minimum absolute atomic E-state index is 0.0474. The number of benzene rings is 1. The highest BCUT2D eigenvalue weighted by Crippen LogP contribution is 2.32. The van der Waals surface area contributed by atoms with Gasteiger partial charge in [0.2, 0.25) is 5.91 Å². The van der Waals surface area contributed by atoms with Gasteiger partial charge in [-0.15, -0.1) is 11.8 Å². The molecule has 80 valence electrons. The van der Waals surface area contributed by atoms with E-state index in [1.54, 1.807) is 11.8 Å². The second-order valence-electron chi connectivity index (χ2n) is 3.52. The van der Waals surface area contributed by atoms with Gasteiger partial charge in [0, 0.05) is 12.3 Å². The minimum atomic E-state index is -0.445. The highest BCUT2D eigenvalue weighted by atomic mass is 32.2. The fraction of sp³-hybridized carbons (Fsp3) is 0.364. The van der Waals surface area contributed by atoms with E-state index in [2.05, 4.69) is 5.32 Å². The Bertz CT molecular complexity index is 342. The number of rotatable bonds is 1. The summed E-state index contributed by atoms with van der Waals surface area (Å²) < 4.78 is 0. The summed E-state index contributed by atoms with van der Waals surface area (Å²) in [6.45, 7) is 0.709. The van der Waals surface area contributed by atoms with Gasteiger partial charge >= 0.3 is 0 Å². The van der Waals surface area contributed by atoms with E-state index in [0.29, 0.717) is 6.54 Å². The highest BCUT2D eigenvalue weighted by molar-refractivity contribution is 7.99. The molecule has 0 aliphatic carbocycles. The molecule has 0 radical (unpaired) electrons. The summed E-state index contributed by atoms with van der Waals surface area (Å²) in [5.41, 5.74) is 7.05. The quantitative estimate of drug-likeness (QED) is 0.743. The lowest BCUT2D eigenvalue weighted by Crippen LogP contribution is -2.42. The van der Waals surface area contributed by atoms with E-state index in [1.165, 1.54) is 0 Å². The Kier molecular flexibility index (Phi) is 3.28. The maximum Gasteiger partial charge on any atom is 0.238 e. The van der Waals surface area contributed by atoms with Gasteiger partial charge in [-0.1, -0.05) is 30.3 Å². The topological polar surface area (TPSA) is 55.1 Å². The van der Waals surface area contributed by atoms with Crippen molar-refractivity contribution in [2.45, 2.75) is 11.3 Å². The van der Waals surface area contributed by atoms with Crippen molar-refractivity contribution in [2.24, 2.45) is 5.73 Å². The first-order valence-electron chi connectivity index (χ1n) is 4.99. The number of amides is 1. The summed E-state index contributed by atoms with van der Waals surface area (Å²) in [5, 5.41) is 2.89. The van der Waals surface area contributed by atoms with Crippen LogP contribution in [0.5, 0.6) is 0 Å². The number of nitrogens with two attached hydrogens (primary N) is 1. The van der Waals surface area contributed by atoms with Crippen LogP contribution in [0.3, 0.4) is 0 Å². The van der Waals surface area contributed by atoms with Gasteiger partial charge in [0.1, 0.15) is 6.04 Å². The van der Waals surface area contributed by atoms with Crippen LogP contribution in [-0.4, -0.2) is 24.2 Å². The van der Waals surface area contributed by atoms with Crippen molar-refractivity contribution in [2.75, 3.05) is 12.3 Å². The zero-order valence-corrected chi connectivity index (χ0v) is 9.17. The number of nitrogens with one attached hydrogen (secondary N) is 1. The van der Waals surface area contributed by atoms with Gasteiger partial charge in [0.05, 0.1) is 5.25 Å². The SMILES string of the molecule is N[C@H]1C(=O)NCCS[C@H]1c1ccccc1. The van der Waals surface area contributed by atoms with Crippen molar-refractivity contribution in [1.82, 2.24) is 5.32 Å². The van der Waals surface area contributed by atoms with Crippen molar-refractivity contribution < 1.29 is 4.79 Å². The van der Waals surface area contributed by atoms with Gasteiger partial charge < -0.3 is 11.1 Å². The molecule has 0 spiro atoms. The van der Waals surface area contributed by atoms with Gasteiger partial charge in [-0.2, -0.15) is 0 Å². The average Bonchev–Trinajstić information content (AvgIpc) is 2.44. The highest BCUT2D eigenvalue weighted by Gasteiger charge is 2.28. The van der Waals surface area contributed by atoms with Gasteiger partial charge in [-0.25, -0.2) is 0 Å². The first-order chi connectivity index (χ1) is 7.29. The fourth-order valence-corrected chi connectivity index (χ4v) is 2.82. The molecule has 3 nitrogen and oxygen atoms in total. The van der Waals surface area contributed by atoms with Crippen LogP contribution in [0.15, 0.2) is 30.3 Å². The Balaban J connectivity index is 2.23. The van der Waals surface area contributed by atoms with E-state index in [0.717, 1.165) is 11.3 Å². The van der Waals surface area contributed by atoms with Crippen LogP contribution in [0, 0.1) is 0 Å². The van der Waals surface area contributed by atoms with Crippen LogP contribution in [0.1, 0.15) is 10.8 Å². The monoisotopic (exact) mass is 222 g/mol. The molecule has 0 aromatic heterocycles. The maximum atomic E-state index is 11.5. The molecule has 1 fully saturated rings. The van der Waals surface area contributed by atoms with E-state index in [9.17, 15) is 4.79 Å². The van der Waals surface area contributed by atoms with E-state index in [-0.39, 0.29) is 11.2 Å². The molecular weight excluding hydrogens is 208 g/mol. The molecule has 3 N–H and O–H groups in total. The molecule has 0 saturated carbocycles. The van der Waals surface area contributed by atoms with Gasteiger partial charge in [0.15, 0.2) is 0 Å². The summed E-state index contributed by atoms with van der Waals surface area (Å²) in [6, 6.07) is 9.53. The Morgan fingerprint density at radius 3 is 2.80 bits per heavy atom. The molecule has 1 aliphatic rings. The van der Waals surface area contributed by atoms with Crippen LogP contribution < -0.4 is 11.1 Å². The third-order valence-corrected chi connectivity index (χ3v) is 3.82. The van der Waals surface area contributed by atoms with Crippen molar-refractivity contribution in [3.05, 3.63) is 35.9 Å². The second kappa shape index (κ2) is 4.68. The van der Waals surface area contributed by atoms with Crippen LogP contribution in [-0.2, 0) is 4.79 Å². The van der Waals surface area contributed by atoms with E-state index in [4.69, 9.17) is 5.73 Å². The van der Waals surface area contributed by atoms with Gasteiger partial charge in [0.25, 0.3) is 0 Å². The maximum absolute atomic E-state index is 11.5. The molecule has 0 unspecified atom stereocenters. The lowest BCUT2D eigenvalue weighted by molar-refractivity contribution is -0.122. The second-order valence-corrected chi connectivity index (χ2v) is 4.77. The number of hydrogen-bond acceptors (Lipinski definition) is 3. The summed E-state index contributed by atoms with van der Waals surface area (Å²) in [4.78, 5) is 11.5. The van der Waals surface area contributed by atoms with Crippen LogP contribution in [0.2, 0.25) is 0 Å². The molecule has 1 aromatic rings. The lowest BCUT2D eigenvalue weighted by atomic mass is 10.1. The molecule has 1 aliphatic heterocycles. The number of thioether (sulfide) groups is 1. The molecule has 2 atom stereocenters. The number of carbonyl (C=O) groups is 1. The van der Waals surface area contributed by atoms with Crippen molar-refractivity contribution >= 4 is 17.7 Å². The van der Waals surface area contributed by atoms with E-state index in [1.807, 2.05) is 30.3 Å². The standard InChI is InChI=1S/C11H14N2OS/c12-9-10(8-4-2-1-3-5-8)15-7-6-13-11(9)14/h1-5,9-10H,6-7,12H2,(H,13,14)/t9-,10+/m1/s1. The number of hydrogen-bond donors (Lipinski definition) is 2. The van der Waals surface area contributed by atoms with Crippen LogP contribution in [0.25, 0.3) is 0 Å². The molecule has 15 heavy (non-hydrogen) atoms. The van der Waals surface area contributed by atoms with Crippen molar-refractivity contribution in [3.63, 3.8) is 0 Å². The zero-order chi connectivity index (χ0) is 10.7. The third kappa shape index (κ3) is 2.33. The normalized spacial score (nSPS) is 26.9. The summed E-state index contributed by atoms with van der Waals surface area (Å²) in [5.74, 6) is 0.868. The Hall–Kier alpha value is -1.00. The zero-order valence-electron chi connectivity index (χ0n) is 8.35. The summed E-state index contributed by atoms with van der Waals surface area (Å²) >= 11 is 1.74. The van der Waals surface area contributed by atoms with Gasteiger partial charge in [-0.3, -0.25) is 4.79 Å². The van der Waals surface area contributed by atoms with Crippen LogP contribution >= 0.6 is 11.8 Å². The van der Waals surface area contributed by atoms with E-state index < -0.39 is 6.04 Å². The average molecular weight is 222 g/mol. The largest absolute Gasteiger partial charge is 0.354 e. The Morgan fingerprint density at radius 2 is 2.07 bits per heavy atom. The number of carbonyl (C=O) groups excluding carboxylic acids is 1. The molecule has 4 heteroatoms. The molecule has 2 rings (SSSR count). The van der Waals surface area contributed by atoms with Crippen molar-refractivity contribution in [3.8, 4) is 0 Å². The fourth-order valence-electron chi connectivity index (χ4n) is 1.67. The summed E-state index contributed by atoms with van der Waals surface area (Å²) in [6.07, 6.45) is 0. The molecule has 1 aromatic carbocycles. The molecule has 0 bridgehead atoms. The molecule has 1 saturated heterocycles. The molecular formula is C11H14N2OS. The summed E-state index contributed by atoms with van der Waals surface area (Å²) in [7, 11) is 0. The third-order valence-electron chi connectivity index (χ3n) is 2.46. The molecule has 1 heterocycles. The first-order valence-corrected chi connectivity index (χ1v) is 6.04. The van der Waals surface area contributed by atoms with Crippen LogP contribution in [0.4, 0.5) is 0 Å². The minimum Gasteiger partial charge on any atom is -0.354 e. The molecule has 1 amide bonds. The smallest absolute Gasteiger partial charge is 0.238 e. The first kappa shape index (κ1) is 10.5. The van der Waals surface area contributed by atoms with Crippen molar-refractivity contribution in [1.29, 1.82) is 0 Å². The lowest BCUT2D eigenvalue weighted by Gasteiger charge is -2.19.